The van der Waals surface area contributed by atoms with Crippen molar-refractivity contribution in [2.75, 3.05) is 13.7 Å². The fraction of sp³-hybridized carbons (Fsp3) is 0.581. The second-order valence-electron chi connectivity index (χ2n) is 12.5. The fourth-order valence-corrected chi connectivity index (χ4v) is 5.67. The van der Waals surface area contributed by atoms with E-state index in [4.69, 9.17) is 9.47 Å². The van der Waals surface area contributed by atoms with Crippen molar-refractivity contribution in [3.8, 4) is 5.75 Å². The monoisotopic (exact) mass is 598 g/mol. The van der Waals surface area contributed by atoms with Crippen molar-refractivity contribution in [2.24, 2.45) is 5.92 Å². The average Bonchev–Trinajstić information content (AvgIpc) is 3.48. The molecule has 0 bridgehead atoms. The lowest BCUT2D eigenvalue weighted by molar-refractivity contribution is -0.145. The topological polar surface area (TPSA) is 163 Å². The standard InChI is InChI=1S/C31H42N4O8/c1-30(2,3)43-29(41)33-23-11-9-7-5-6-8-10-20-17-31(20,28(39)40)34-26(37)24-16-21(18-35(24)27(23)38)32-25(36)19-12-14-22(42-4)15-13-19/h8,10,12-15,20-21,23-24H,5-7,9,11,16-18H2,1-4H3,(H,32,36)(H,33,41)(H,34,37)(H,39,40)/b10-8-/t20-,21+,23-,24-,31+/m0/s1. The Balaban J connectivity index is 1.59. The molecule has 0 spiro atoms. The maximum Gasteiger partial charge on any atom is 0.408 e. The number of ether oxygens (including phenoxy) is 2. The molecule has 1 saturated heterocycles. The Kier molecular flexibility index (Phi) is 9.66. The zero-order chi connectivity index (χ0) is 31.4. The smallest absolute Gasteiger partial charge is 0.408 e. The van der Waals surface area contributed by atoms with Crippen LogP contribution >= 0.6 is 0 Å². The van der Waals surface area contributed by atoms with E-state index in [1.54, 1.807) is 45.0 Å². The number of carbonyl (C=O) groups excluding carboxylic acids is 4. The number of methoxy groups -OCH3 is 1. The normalized spacial score (nSPS) is 28.6. The molecule has 1 aromatic rings. The fourth-order valence-electron chi connectivity index (χ4n) is 5.67. The minimum Gasteiger partial charge on any atom is -0.497 e. The van der Waals surface area contributed by atoms with Gasteiger partial charge in [0, 0.05) is 24.1 Å². The summed E-state index contributed by atoms with van der Waals surface area (Å²) in [6, 6.07) is 3.92. The van der Waals surface area contributed by atoms with Gasteiger partial charge in [0.2, 0.25) is 11.8 Å². The number of rotatable bonds is 5. The molecule has 0 radical (unpaired) electrons. The SMILES string of the molecule is COc1ccc(C(=O)N[C@@H]2C[C@H]3C(=O)N[C@]4(C(=O)O)C[C@@H]4/C=C\CCCCC[C@H](NC(=O)OC(C)(C)C)C(=O)N3C2)cc1. The first kappa shape index (κ1) is 31.8. The zero-order valence-electron chi connectivity index (χ0n) is 25.2. The van der Waals surface area contributed by atoms with Crippen LogP contribution in [0.1, 0.15) is 76.1 Å². The summed E-state index contributed by atoms with van der Waals surface area (Å²) in [6.45, 7) is 5.17. The van der Waals surface area contributed by atoms with Gasteiger partial charge in [-0.2, -0.15) is 0 Å². The molecule has 1 aromatic carbocycles. The van der Waals surface area contributed by atoms with E-state index < -0.39 is 53.1 Å². The third-order valence-electron chi connectivity index (χ3n) is 8.04. The van der Waals surface area contributed by atoms with Gasteiger partial charge in [-0.1, -0.05) is 25.0 Å². The Morgan fingerprint density at radius 2 is 1.79 bits per heavy atom. The highest BCUT2D eigenvalue weighted by Crippen LogP contribution is 2.45. The number of hydrogen-bond acceptors (Lipinski definition) is 7. The quantitative estimate of drug-likeness (QED) is 0.376. The van der Waals surface area contributed by atoms with Crippen molar-refractivity contribution < 1.29 is 38.6 Å². The maximum absolute atomic E-state index is 14.0. The van der Waals surface area contributed by atoms with Crippen molar-refractivity contribution in [1.82, 2.24) is 20.9 Å². The first-order valence-corrected chi connectivity index (χ1v) is 14.8. The number of carboxylic acid groups (broad SMARTS) is 1. The first-order chi connectivity index (χ1) is 20.3. The molecule has 4 rings (SSSR count). The van der Waals surface area contributed by atoms with Gasteiger partial charge >= 0.3 is 12.1 Å². The molecule has 234 valence electrons. The molecule has 1 saturated carbocycles. The van der Waals surface area contributed by atoms with E-state index in [2.05, 4.69) is 16.0 Å². The van der Waals surface area contributed by atoms with E-state index in [0.29, 0.717) is 24.2 Å². The first-order valence-electron chi connectivity index (χ1n) is 14.8. The molecule has 4 amide bonds. The number of alkyl carbamates (subject to hydrolysis) is 1. The number of benzene rings is 1. The van der Waals surface area contributed by atoms with Crippen LogP contribution in [0.2, 0.25) is 0 Å². The van der Waals surface area contributed by atoms with E-state index >= 15 is 0 Å². The van der Waals surface area contributed by atoms with Crippen LogP contribution in [0.4, 0.5) is 4.79 Å². The van der Waals surface area contributed by atoms with Gasteiger partial charge in [-0.25, -0.2) is 9.59 Å². The Morgan fingerprint density at radius 1 is 1.07 bits per heavy atom. The van der Waals surface area contributed by atoms with Gasteiger partial charge in [0.1, 0.15) is 29.0 Å². The van der Waals surface area contributed by atoms with E-state index in [1.807, 2.05) is 12.2 Å². The van der Waals surface area contributed by atoms with Gasteiger partial charge in [0.05, 0.1) is 7.11 Å². The molecule has 2 heterocycles. The molecule has 3 aliphatic rings. The van der Waals surface area contributed by atoms with Gasteiger partial charge in [-0.3, -0.25) is 14.4 Å². The van der Waals surface area contributed by atoms with Crippen molar-refractivity contribution >= 4 is 29.8 Å². The van der Waals surface area contributed by atoms with Crippen LogP contribution < -0.4 is 20.7 Å². The number of hydrogen-bond donors (Lipinski definition) is 4. The van der Waals surface area contributed by atoms with Crippen LogP contribution in [0.15, 0.2) is 36.4 Å². The van der Waals surface area contributed by atoms with Gasteiger partial charge in [-0.15, -0.1) is 0 Å². The van der Waals surface area contributed by atoms with E-state index in [1.165, 1.54) is 12.0 Å². The van der Waals surface area contributed by atoms with Crippen molar-refractivity contribution in [1.29, 1.82) is 0 Å². The van der Waals surface area contributed by atoms with Gasteiger partial charge in [0.15, 0.2) is 0 Å². The largest absolute Gasteiger partial charge is 0.497 e. The van der Waals surface area contributed by atoms with Gasteiger partial charge in [-0.05, 0) is 77.1 Å². The third kappa shape index (κ3) is 7.85. The van der Waals surface area contributed by atoms with Crippen LogP contribution in [0.25, 0.3) is 0 Å². The molecular weight excluding hydrogens is 556 g/mol. The molecular formula is C31H42N4O8. The summed E-state index contributed by atoms with van der Waals surface area (Å²) in [7, 11) is 1.52. The minimum absolute atomic E-state index is 0.00865. The second kappa shape index (κ2) is 13.0. The van der Waals surface area contributed by atoms with Crippen molar-refractivity contribution in [3.63, 3.8) is 0 Å². The molecule has 0 unspecified atom stereocenters. The summed E-state index contributed by atoms with van der Waals surface area (Å²) in [6.07, 6.45) is 6.70. The van der Waals surface area contributed by atoms with E-state index in [9.17, 15) is 29.1 Å². The van der Waals surface area contributed by atoms with Crippen molar-refractivity contribution in [2.45, 2.75) is 95.0 Å². The number of aliphatic carboxylic acids is 1. The maximum atomic E-state index is 14.0. The summed E-state index contributed by atoms with van der Waals surface area (Å²) in [5.74, 6) is -2.38. The Hall–Kier alpha value is -4.09. The molecule has 5 atom stereocenters. The predicted octanol–water partition coefficient (Wildman–Crippen LogP) is 2.77. The van der Waals surface area contributed by atoms with E-state index in [-0.39, 0.29) is 31.2 Å². The summed E-state index contributed by atoms with van der Waals surface area (Å²) < 4.78 is 10.6. The minimum atomic E-state index is -1.44. The lowest BCUT2D eigenvalue weighted by atomic mass is 10.0. The highest BCUT2D eigenvalue weighted by molar-refractivity contribution is 5.97. The van der Waals surface area contributed by atoms with Crippen molar-refractivity contribution in [3.05, 3.63) is 42.0 Å². The third-order valence-corrected chi connectivity index (χ3v) is 8.04. The Morgan fingerprint density at radius 3 is 2.44 bits per heavy atom. The Bertz CT molecular complexity index is 1260. The predicted molar refractivity (Wildman–Crippen MR) is 156 cm³/mol. The van der Waals surface area contributed by atoms with Gasteiger partial charge in [0.25, 0.3) is 5.91 Å². The number of nitrogens with one attached hydrogen (secondary N) is 3. The number of allylic oxidation sites excluding steroid dienone is 1. The van der Waals surface area contributed by atoms with Crippen LogP contribution in [-0.2, 0) is 19.1 Å². The van der Waals surface area contributed by atoms with Crippen LogP contribution in [0, 0.1) is 5.92 Å². The molecule has 2 aliphatic heterocycles. The number of carboxylic acids is 1. The molecule has 12 heteroatoms. The van der Waals surface area contributed by atoms with Crippen LogP contribution in [0.5, 0.6) is 5.75 Å². The molecule has 43 heavy (non-hydrogen) atoms. The number of nitrogens with zero attached hydrogens (tertiary/aromatic N) is 1. The summed E-state index contributed by atoms with van der Waals surface area (Å²) in [5, 5.41) is 18.3. The average molecular weight is 599 g/mol. The molecule has 0 aromatic heterocycles. The number of carbonyl (C=O) groups is 5. The second-order valence-corrected chi connectivity index (χ2v) is 12.5. The lowest BCUT2D eigenvalue weighted by Crippen LogP contribution is -2.56. The summed E-state index contributed by atoms with van der Waals surface area (Å²) in [4.78, 5) is 67.0. The van der Waals surface area contributed by atoms with Crippen LogP contribution in [0.3, 0.4) is 0 Å². The molecule has 1 aliphatic carbocycles. The van der Waals surface area contributed by atoms with Gasteiger partial charge < -0.3 is 35.4 Å². The highest BCUT2D eigenvalue weighted by atomic mass is 16.6. The summed E-state index contributed by atoms with van der Waals surface area (Å²) >= 11 is 0. The molecule has 4 N–H and O–H groups in total. The highest BCUT2D eigenvalue weighted by Gasteiger charge is 2.61. The van der Waals surface area contributed by atoms with Crippen LogP contribution in [-0.4, -0.2) is 82.7 Å². The number of amides is 4. The Labute approximate surface area is 251 Å². The lowest BCUT2D eigenvalue weighted by Gasteiger charge is -2.30. The number of fused-ring (bicyclic) bond motifs is 2. The molecule has 12 nitrogen and oxygen atoms in total. The molecule has 2 fully saturated rings. The summed E-state index contributed by atoms with van der Waals surface area (Å²) in [5.41, 5.74) is -1.85. The van der Waals surface area contributed by atoms with E-state index in [0.717, 1.165) is 19.3 Å². The zero-order valence-corrected chi connectivity index (χ0v) is 25.2.